The zero-order valence-electron chi connectivity index (χ0n) is 68.0. The highest BCUT2D eigenvalue weighted by atomic mass is 15.0. The molecular formula is C120H80N4. The van der Waals surface area contributed by atoms with Gasteiger partial charge in [0.15, 0.2) is 0 Å². The molecular weight excluding hydrogens is 1500 g/mol. The predicted octanol–water partition coefficient (Wildman–Crippen LogP) is 32.4. The zero-order valence-corrected chi connectivity index (χ0v) is 68.0. The van der Waals surface area contributed by atoms with Gasteiger partial charge >= 0.3 is 0 Å². The number of nitrogens with zero attached hydrogens (tertiary/aromatic N) is 4. The topological polar surface area (TPSA) is 19.7 Å². The van der Waals surface area contributed by atoms with E-state index in [1.165, 1.54) is 198 Å². The smallest absolute Gasteiger partial charge is 0.0541 e. The van der Waals surface area contributed by atoms with E-state index in [1.54, 1.807) is 0 Å². The molecule has 4 aromatic heterocycles. The summed E-state index contributed by atoms with van der Waals surface area (Å²) in [6.07, 6.45) is 0. The lowest BCUT2D eigenvalue weighted by Crippen LogP contribution is -1.95. The first-order valence-corrected chi connectivity index (χ1v) is 42.7. The van der Waals surface area contributed by atoms with Crippen molar-refractivity contribution in [2.75, 3.05) is 0 Å². The van der Waals surface area contributed by atoms with Gasteiger partial charge in [0.2, 0.25) is 0 Å². The van der Waals surface area contributed by atoms with Gasteiger partial charge in [-0.2, -0.15) is 0 Å². The first kappa shape index (κ1) is 72.8. The Kier molecular flexibility index (Phi) is 18.2. The molecule has 0 aliphatic rings. The van der Waals surface area contributed by atoms with Crippen molar-refractivity contribution in [1.82, 2.24) is 18.3 Å². The Bertz CT molecular complexity index is 8170. The molecule has 0 unspecified atom stereocenters. The molecule has 580 valence electrons. The average Bonchev–Trinajstić information content (AvgIpc) is 1.59. The number of hydrogen-bond donors (Lipinski definition) is 0. The van der Waals surface area contributed by atoms with Crippen LogP contribution in [0.15, 0.2) is 485 Å². The molecule has 0 atom stereocenters. The molecule has 0 aliphatic heterocycles. The van der Waals surface area contributed by atoms with Gasteiger partial charge in [0.05, 0.1) is 44.1 Å². The molecule has 4 heterocycles. The van der Waals surface area contributed by atoms with E-state index >= 15 is 0 Å². The van der Waals surface area contributed by atoms with Gasteiger partial charge in [-0.25, -0.2) is 0 Å². The van der Waals surface area contributed by atoms with Gasteiger partial charge in [0.25, 0.3) is 0 Å². The Hall–Kier alpha value is -16.4. The Labute approximate surface area is 719 Å². The molecule has 0 saturated carbocycles. The van der Waals surface area contributed by atoms with Gasteiger partial charge in [-0.3, -0.25) is 0 Å². The lowest BCUT2D eigenvalue weighted by Gasteiger charge is -2.13. The maximum absolute atomic E-state index is 2.42. The second kappa shape index (κ2) is 31.1. The molecule has 0 N–H and O–H groups in total. The van der Waals surface area contributed by atoms with E-state index < -0.39 is 0 Å². The van der Waals surface area contributed by atoms with Crippen LogP contribution in [0.1, 0.15) is 0 Å². The molecule has 0 amide bonds. The van der Waals surface area contributed by atoms with Gasteiger partial charge in [0.1, 0.15) is 0 Å². The third-order valence-electron chi connectivity index (χ3n) is 25.1. The highest BCUT2D eigenvalue weighted by Crippen LogP contribution is 2.44. The standard InChI is InChI=1S/2C60H40N2/c1-3-13-41(14-4-1)43-25-27-44(28-26-43)45-29-33-51(34-30-45)61-57-23-9-7-21-53(57)55-39-49(31-35-59(55)61)50-32-36-60-56(40-50)54-22-8-10-24-58(54)62(60)52-20-12-19-48(38-52)47-18-11-17-46(37-47)42-15-5-2-6-16-42;1-3-15-41(16-4-1)42-29-31-43(32-30-42)45-19-13-21-49(37-45)61-57-27-11-9-25-53(57)55-39-46(33-35-59(55)61)47-34-36-60-56(40-47)54-26-10-12-28-58(54)62(60)50-22-14-20-48(38-50)52-24-8-7-23-51(52)44-17-5-2-6-18-44/h2*1-40H. The van der Waals surface area contributed by atoms with Crippen molar-refractivity contribution in [3.8, 4) is 134 Å². The maximum Gasteiger partial charge on any atom is 0.0541 e. The van der Waals surface area contributed by atoms with Crippen molar-refractivity contribution in [3.63, 3.8) is 0 Å². The first-order valence-electron chi connectivity index (χ1n) is 42.7. The summed E-state index contributed by atoms with van der Waals surface area (Å²) >= 11 is 0. The van der Waals surface area contributed by atoms with E-state index in [1.807, 2.05) is 0 Å². The summed E-state index contributed by atoms with van der Waals surface area (Å²) in [5.74, 6) is 0. The molecule has 4 nitrogen and oxygen atoms in total. The third-order valence-corrected chi connectivity index (χ3v) is 25.1. The minimum absolute atomic E-state index is 1.15. The third kappa shape index (κ3) is 13.1. The molecule has 0 saturated heterocycles. The van der Waals surface area contributed by atoms with Gasteiger partial charge in [-0.1, -0.05) is 358 Å². The van der Waals surface area contributed by atoms with E-state index in [0.29, 0.717) is 0 Å². The molecule has 24 rings (SSSR count). The molecule has 24 aromatic rings. The highest BCUT2D eigenvalue weighted by Gasteiger charge is 2.22. The summed E-state index contributed by atoms with van der Waals surface area (Å²) in [7, 11) is 0. The fourth-order valence-electron chi connectivity index (χ4n) is 19.1. The maximum atomic E-state index is 2.42. The van der Waals surface area contributed by atoms with Crippen LogP contribution in [0.4, 0.5) is 0 Å². The Balaban J connectivity index is 0.000000143. The molecule has 0 spiro atoms. The van der Waals surface area contributed by atoms with Crippen molar-refractivity contribution in [1.29, 1.82) is 0 Å². The zero-order chi connectivity index (χ0) is 82.0. The van der Waals surface area contributed by atoms with Crippen molar-refractivity contribution >= 4 is 87.2 Å². The Morgan fingerprint density at radius 1 is 0.0968 bits per heavy atom. The summed E-state index contributed by atoms with van der Waals surface area (Å²) in [4.78, 5) is 0. The molecule has 0 radical (unpaired) electrons. The van der Waals surface area contributed by atoms with E-state index in [0.717, 1.165) is 22.7 Å². The molecule has 20 aromatic carbocycles. The quantitative estimate of drug-likeness (QED) is 0.103. The van der Waals surface area contributed by atoms with Gasteiger partial charge < -0.3 is 18.3 Å². The number of rotatable bonds is 14. The van der Waals surface area contributed by atoms with Gasteiger partial charge in [-0.15, -0.1) is 0 Å². The number of benzene rings is 20. The highest BCUT2D eigenvalue weighted by molar-refractivity contribution is 6.15. The lowest BCUT2D eigenvalue weighted by atomic mass is 9.94. The summed E-state index contributed by atoms with van der Waals surface area (Å²) < 4.78 is 9.66. The second-order valence-corrected chi connectivity index (χ2v) is 32.3. The largest absolute Gasteiger partial charge is 0.309 e. The van der Waals surface area contributed by atoms with Crippen molar-refractivity contribution in [2.24, 2.45) is 0 Å². The second-order valence-electron chi connectivity index (χ2n) is 32.3. The van der Waals surface area contributed by atoms with E-state index in [4.69, 9.17) is 0 Å². The van der Waals surface area contributed by atoms with Crippen molar-refractivity contribution in [3.05, 3.63) is 485 Å². The van der Waals surface area contributed by atoms with Crippen LogP contribution in [0.25, 0.3) is 221 Å². The molecule has 124 heavy (non-hydrogen) atoms. The van der Waals surface area contributed by atoms with Gasteiger partial charge in [0, 0.05) is 65.8 Å². The molecule has 0 fully saturated rings. The van der Waals surface area contributed by atoms with E-state index in [-0.39, 0.29) is 0 Å². The van der Waals surface area contributed by atoms with Crippen LogP contribution in [0.5, 0.6) is 0 Å². The minimum atomic E-state index is 1.15. The van der Waals surface area contributed by atoms with Crippen LogP contribution in [0, 0.1) is 0 Å². The Morgan fingerprint density at radius 3 is 0.661 bits per heavy atom. The minimum Gasteiger partial charge on any atom is -0.309 e. The fourth-order valence-corrected chi connectivity index (χ4v) is 19.1. The van der Waals surface area contributed by atoms with Crippen LogP contribution in [-0.2, 0) is 0 Å². The fraction of sp³-hybridized carbons (Fsp3) is 0. The van der Waals surface area contributed by atoms with E-state index in [9.17, 15) is 0 Å². The van der Waals surface area contributed by atoms with Crippen LogP contribution in [-0.4, -0.2) is 18.3 Å². The van der Waals surface area contributed by atoms with Gasteiger partial charge in [-0.05, 0) is 239 Å². The molecule has 0 aliphatic carbocycles. The number of fused-ring (bicyclic) bond motifs is 12. The first-order chi connectivity index (χ1) is 61.5. The molecule has 4 heteroatoms. The summed E-state index contributed by atoms with van der Waals surface area (Å²) in [6, 6.07) is 177. The summed E-state index contributed by atoms with van der Waals surface area (Å²) in [5.41, 5.74) is 38.4. The van der Waals surface area contributed by atoms with Crippen LogP contribution < -0.4 is 0 Å². The van der Waals surface area contributed by atoms with Crippen molar-refractivity contribution in [2.45, 2.75) is 0 Å². The number of para-hydroxylation sites is 4. The Morgan fingerprint density at radius 2 is 0.298 bits per heavy atom. The van der Waals surface area contributed by atoms with Crippen LogP contribution in [0.3, 0.4) is 0 Å². The lowest BCUT2D eigenvalue weighted by molar-refractivity contribution is 1.18. The SMILES string of the molecule is c1ccc(-c2ccc(-c3ccc(-n4c5ccccc5c5cc(-c6ccc7c(c6)c6ccccc6n7-c6cccc(-c7cccc(-c8ccccc8)c7)c6)ccc54)cc3)cc2)cc1.c1ccc(-c2ccc(-c3cccc(-n4c5ccccc5c5cc(-c6ccc7c(c6)c6ccccc6n7-c6cccc(-c7ccccc7-c7ccccc7)c6)ccc54)c3)cc2)cc1. The van der Waals surface area contributed by atoms with E-state index in [2.05, 4.69) is 504 Å². The summed E-state index contributed by atoms with van der Waals surface area (Å²) in [5, 5.41) is 9.95. The van der Waals surface area contributed by atoms with Crippen LogP contribution in [0.2, 0.25) is 0 Å². The normalized spacial score (nSPS) is 11.5. The van der Waals surface area contributed by atoms with Crippen molar-refractivity contribution < 1.29 is 0 Å². The van der Waals surface area contributed by atoms with Crippen LogP contribution >= 0.6 is 0 Å². The molecule has 0 bridgehead atoms. The number of hydrogen-bond acceptors (Lipinski definition) is 0. The average molecular weight is 1580 g/mol. The summed E-state index contributed by atoms with van der Waals surface area (Å²) in [6.45, 7) is 0. The predicted molar refractivity (Wildman–Crippen MR) is 525 cm³/mol. The number of aromatic nitrogens is 4. The monoisotopic (exact) mass is 1580 g/mol.